The molecular formula is C23H30N2O3S. The Morgan fingerprint density at radius 2 is 1.41 bits per heavy atom. The highest BCUT2D eigenvalue weighted by Crippen LogP contribution is 2.29. The first-order chi connectivity index (χ1) is 13.7. The number of sulfonamides is 1. The van der Waals surface area contributed by atoms with Crippen LogP contribution in [0.15, 0.2) is 35.2 Å². The summed E-state index contributed by atoms with van der Waals surface area (Å²) in [6, 6.07) is 9.68. The van der Waals surface area contributed by atoms with Crippen molar-refractivity contribution in [3.63, 3.8) is 0 Å². The molecule has 2 aromatic carbocycles. The molecule has 0 aromatic heterocycles. The molecule has 0 bridgehead atoms. The number of carbonyl (C=O) groups excluding carboxylic acids is 1. The van der Waals surface area contributed by atoms with Crippen LogP contribution in [0.25, 0.3) is 0 Å². The van der Waals surface area contributed by atoms with Crippen molar-refractivity contribution in [3.05, 3.63) is 63.7 Å². The second-order valence-corrected chi connectivity index (χ2v) is 9.71. The second-order valence-electron chi connectivity index (χ2n) is 7.84. The van der Waals surface area contributed by atoms with E-state index in [1.165, 1.54) is 9.87 Å². The van der Waals surface area contributed by atoms with Gasteiger partial charge in [0.15, 0.2) is 0 Å². The molecule has 0 saturated carbocycles. The number of piperazine rings is 1. The van der Waals surface area contributed by atoms with E-state index in [0.29, 0.717) is 36.6 Å². The Balaban J connectivity index is 1.77. The highest BCUT2D eigenvalue weighted by molar-refractivity contribution is 7.89. The lowest BCUT2D eigenvalue weighted by Crippen LogP contribution is -2.50. The third-order valence-electron chi connectivity index (χ3n) is 6.03. The molecule has 0 atom stereocenters. The summed E-state index contributed by atoms with van der Waals surface area (Å²) in [6.07, 6.45) is 0.933. The second kappa shape index (κ2) is 8.28. The predicted molar refractivity (Wildman–Crippen MR) is 116 cm³/mol. The van der Waals surface area contributed by atoms with Crippen molar-refractivity contribution < 1.29 is 13.2 Å². The lowest BCUT2D eigenvalue weighted by Gasteiger charge is -2.35. The van der Waals surface area contributed by atoms with E-state index in [2.05, 4.69) is 6.92 Å². The lowest BCUT2D eigenvalue weighted by atomic mass is 10.0. The van der Waals surface area contributed by atoms with Crippen molar-refractivity contribution in [1.29, 1.82) is 0 Å². The van der Waals surface area contributed by atoms with Crippen LogP contribution in [0.3, 0.4) is 0 Å². The summed E-state index contributed by atoms with van der Waals surface area (Å²) in [5.41, 5.74) is 5.42. The maximum absolute atomic E-state index is 13.4. The molecular weight excluding hydrogens is 384 g/mol. The summed E-state index contributed by atoms with van der Waals surface area (Å²) < 4.78 is 28.3. The molecule has 0 N–H and O–H groups in total. The number of hydrogen-bond donors (Lipinski definition) is 0. The monoisotopic (exact) mass is 414 g/mol. The minimum absolute atomic E-state index is 0.0385. The first kappa shape index (κ1) is 21.5. The highest BCUT2D eigenvalue weighted by Gasteiger charge is 2.33. The fourth-order valence-electron chi connectivity index (χ4n) is 3.89. The van der Waals surface area contributed by atoms with Gasteiger partial charge in [-0.05, 0) is 74.1 Å². The first-order valence-corrected chi connectivity index (χ1v) is 11.6. The minimum Gasteiger partial charge on any atom is -0.336 e. The van der Waals surface area contributed by atoms with Crippen molar-refractivity contribution in [2.75, 3.05) is 26.2 Å². The van der Waals surface area contributed by atoms with Crippen LogP contribution >= 0.6 is 0 Å². The number of rotatable bonds is 4. The van der Waals surface area contributed by atoms with E-state index in [-0.39, 0.29) is 5.91 Å². The van der Waals surface area contributed by atoms with Crippen LogP contribution in [0.2, 0.25) is 0 Å². The van der Waals surface area contributed by atoms with Crippen molar-refractivity contribution >= 4 is 15.9 Å². The van der Waals surface area contributed by atoms with E-state index in [9.17, 15) is 13.2 Å². The smallest absolute Gasteiger partial charge is 0.253 e. The van der Waals surface area contributed by atoms with Crippen LogP contribution in [0.5, 0.6) is 0 Å². The summed E-state index contributed by atoms with van der Waals surface area (Å²) in [6.45, 7) is 11.1. The number of nitrogens with zero attached hydrogens (tertiary/aromatic N) is 2. The standard InChI is InChI=1S/C23H30N2O3S/c1-6-20-7-9-21(10-8-20)23(26)24-11-13-25(14-12-24)29(27,28)22-18(4)16(2)15-17(3)19(22)5/h7-10,15H,6,11-14H2,1-5H3. The van der Waals surface area contributed by atoms with Gasteiger partial charge in [-0.3, -0.25) is 4.79 Å². The van der Waals surface area contributed by atoms with Crippen molar-refractivity contribution in [2.24, 2.45) is 0 Å². The Morgan fingerprint density at radius 1 is 0.897 bits per heavy atom. The Kier molecular flexibility index (Phi) is 6.15. The van der Waals surface area contributed by atoms with Crippen molar-refractivity contribution in [3.8, 4) is 0 Å². The van der Waals surface area contributed by atoms with E-state index < -0.39 is 10.0 Å². The summed E-state index contributed by atoms with van der Waals surface area (Å²) >= 11 is 0. The number of aryl methyl sites for hydroxylation is 3. The number of hydrogen-bond acceptors (Lipinski definition) is 3. The molecule has 29 heavy (non-hydrogen) atoms. The summed E-state index contributed by atoms with van der Waals surface area (Å²) in [5.74, 6) is -0.0385. The number of carbonyl (C=O) groups is 1. The van der Waals surface area contributed by atoms with E-state index in [4.69, 9.17) is 0 Å². The third kappa shape index (κ3) is 4.09. The van der Waals surface area contributed by atoms with Gasteiger partial charge in [-0.15, -0.1) is 0 Å². The van der Waals surface area contributed by atoms with E-state index in [1.807, 2.05) is 58.0 Å². The number of benzene rings is 2. The zero-order chi connectivity index (χ0) is 21.3. The van der Waals surface area contributed by atoms with Gasteiger partial charge in [-0.2, -0.15) is 4.31 Å². The fourth-order valence-corrected chi connectivity index (χ4v) is 5.89. The molecule has 1 aliphatic heterocycles. The van der Waals surface area contributed by atoms with Crippen molar-refractivity contribution in [2.45, 2.75) is 45.9 Å². The van der Waals surface area contributed by atoms with Crippen LogP contribution in [0, 0.1) is 27.7 Å². The predicted octanol–water partition coefficient (Wildman–Crippen LogP) is 3.63. The van der Waals surface area contributed by atoms with Gasteiger partial charge in [0.25, 0.3) is 5.91 Å². The molecule has 3 rings (SSSR count). The Hall–Kier alpha value is -2.18. The average molecular weight is 415 g/mol. The zero-order valence-corrected chi connectivity index (χ0v) is 18.8. The van der Waals surface area contributed by atoms with Gasteiger partial charge < -0.3 is 4.90 Å². The molecule has 5 nitrogen and oxygen atoms in total. The van der Waals surface area contributed by atoms with Crippen LogP contribution in [0.1, 0.15) is 45.1 Å². The number of amides is 1. The lowest BCUT2D eigenvalue weighted by molar-refractivity contribution is 0.0698. The normalized spacial score (nSPS) is 15.6. The van der Waals surface area contributed by atoms with Crippen LogP contribution in [0.4, 0.5) is 0 Å². The summed E-state index contributed by atoms with van der Waals surface area (Å²) in [4.78, 5) is 14.9. The van der Waals surface area contributed by atoms with Gasteiger partial charge in [-0.1, -0.05) is 25.1 Å². The molecule has 1 amide bonds. The van der Waals surface area contributed by atoms with Gasteiger partial charge in [0, 0.05) is 31.7 Å². The molecule has 0 unspecified atom stereocenters. The third-order valence-corrected chi connectivity index (χ3v) is 8.20. The quantitative estimate of drug-likeness (QED) is 0.768. The molecule has 156 valence electrons. The Labute approximate surface area is 174 Å². The van der Waals surface area contributed by atoms with E-state index in [1.54, 1.807) is 4.90 Å². The topological polar surface area (TPSA) is 57.7 Å². The van der Waals surface area contributed by atoms with Gasteiger partial charge in [0.2, 0.25) is 10.0 Å². The highest BCUT2D eigenvalue weighted by atomic mass is 32.2. The molecule has 1 fully saturated rings. The van der Waals surface area contributed by atoms with E-state index in [0.717, 1.165) is 28.7 Å². The summed E-state index contributed by atoms with van der Waals surface area (Å²) in [5, 5.41) is 0. The van der Waals surface area contributed by atoms with Gasteiger partial charge >= 0.3 is 0 Å². The largest absolute Gasteiger partial charge is 0.336 e. The fraction of sp³-hybridized carbons (Fsp3) is 0.435. The minimum atomic E-state index is -3.60. The van der Waals surface area contributed by atoms with Gasteiger partial charge in [0.05, 0.1) is 4.90 Å². The SMILES string of the molecule is CCc1ccc(C(=O)N2CCN(S(=O)(=O)c3c(C)c(C)cc(C)c3C)CC2)cc1. The zero-order valence-electron chi connectivity index (χ0n) is 17.9. The molecule has 0 aliphatic carbocycles. The van der Waals surface area contributed by atoms with Gasteiger partial charge in [-0.25, -0.2) is 8.42 Å². The molecule has 0 spiro atoms. The Bertz CT molecular complexity index is 993. The maximum atomic E-state index is 13.4. The van der Waals surface area contributed by atoms with E-state index >= 15 is 0 Å². The maximum Gasteiger partial charge on any atom is 0.253 e. The Morgan fingerprint density at radius 3 is 1.90 bits per heavy atom. The molecule has 1 aliphatic rings. The van der Waals surface area contributed by atoms with Crippen LogP contribution in [-0.4, -0.2) is 49.7 Å². The van der Waals surface area contributed by atoms with Gasteiger partial charge in [0.1, 0.15) is 0 Å². The van der Waals surface area contributed by atoms with Crippen LogP contribution in [-0.2, 0) is 16.4 Å². The average Bonchev–Trinajstić information content (AvgIpc) is 2.72. The summed E-state index contributed by atoms with van der Waals surface area (Å²) in [7, 11) is -3.60. The molecule has 1 saturated heterocycles. The molecule has 0 radical (unpaired) electrons. The van der Waals surface area contributed by atoms with Crippen molar-refractivity contribution in [1.82, 2.24) is 9.21 Å². The first-order valence-electron chi connectivity index (χ1n) is 10.1. The molecule has 6 heteroatoms. The molecule has 2 aromatic rings. The van der Waals surface area contributed by atoms with Crippen LogP contribution < -0.4 is 0 Å². The molecule has 1 heterocycles.